The summed E-state index contributed by atoms with van der Waals surface area (Å²) in [6.45, 7) is 2.76. The molecule has 0 aliphatic carbocycles. The lowest BCUT2D eigenvalue weighted by Crippen LogP contribution is -2.26. The lowest BCUT2D eigenvalue weighted by atomic mass is 10.1. The SMILES string of the molecule is Cc1cccc(C=CC(=O)NCCOc2ccc(C(=S)NO)cc2)c1. The predicted molar refractivity (Wildman–Crippen MR) is 102 cm³/mol. The maximum Gasteiger partial charge on any atom is 0.244 e. The molecule has 3 N–H and O–H groups in total. The Morgan fingerprint density at radius 1 is 1.24 bits per heavy atom. The molecule has 25 heavy (non-hydrogen) atoms. The summed E-state index contributed by atoms with van der Waals surface area (Å²) in [5.41, 5.74) is 4.76. The van der Waals surface area contributed by atoms with Gasteiger partial charge in [-0.05, 0) is 42.8 Å². The van der Waals surface area contributed by atoms with E-state index in [9.17, 15) is 4.79 Å². The molecule has 0 heterocycles. The number of hydrogen-bond acceptors (Lipinski definition) is 4. The van der Waals surface area contributed by atoms with Crippen LogP contribution in [0.15, 0.2) is 54.6 Å². The van der Waals surface area contributed by atoms with E-state index in [4.69, 9.17) is 22.2 Å². The number of hydrogen-bond donors (Lipinski definition) is 3. The van der Waals surface area contributed by atoms with Crippen molar-refractivity contribution in [2.24, 2.45) is 0 Å². The molecule has 0 aromatic heterocycles. The summed E-state index contributed by atoms with van der Waals surface area (Å²) in [6, 6.07) is 14.9. The standard InChI is InChI=1S/C19H20N2O3S/c1-14-3-2-4-15(13-14)5-10-18(22)20-11-12-24-17-8-6-16(7-9-17)19(25)21-23/h2-10,13,23H,11-12H2,1H3,(H,20,22)(H,21,25). The highest BCUT2D eigenvalue weighted by molar-refractivity contribution is 7.80. The Kier molecular flexibility index (Phi) is 7.13. The van der Waals surface area contributed by atoms with Crippen LogP contribution in [0.1, 0.15) is 16.7 Å². The quantitative estimate of drug-likeness (QED) is 0.308. The molecule has 0 fully saturated rings. The van der Waals surface area contributed by atoms with Crippen molar-refractivity contribution in [2.75, 3.05) is 13.2 Å². The number of ether oxygens (including phenoxy) is 1. The van der Waals surface area contributed by atoms with Crippen LogP contribution < -0.4 is 15.5 Å². The first-order valence-corrected chi connectivity index (χ1v) is 8.19. The van der Waals surface area contributed by atoms with Gasteiger partial charge >= 0.3 is 0 Å². The van der Waals surface area contributed by atoms with Crippen LogP contribution in [-0.2, 0) is 4.79 Å². The Balaban J connectivity index is 1.71. The molecule has 0 bridgehead atoms. The summed E-state index contributed by atoms with van der Waals surface area (Å²) in [7, 11) is 0. The van der Waals surface area contributed by atoms with E-state index in [0.29, 0.717) is 24.5 Å². The van der Waals surface area contributed by atoms with Crippen LogP contribution >= 0.6 is 12.2 Å². The first kappa shape index (κ1) is 18.6. The minimum atomic E-state index is -0.167. The molecule has 6 heteroatoms. The Bertz CT molecular complexity index is 758. The average molecular weight is 356 g/mol. The molecule has 1 amide bonds. The fourth-order valence-corrected chi connectivity index (χ4v) is 2.25. The summed E-state index contributed by atoms with van der Waals surface area (Å²) in [4.78, 5) is 12.0. The van der Waals surface area contributed by atoms with Crippen molar-refractivity contribution in [3.63, 3.8) is 0 Å². The molecule has 0 spiro atoms. The van der Waals surface area contributed by atoms with Crippen LogP contribution in [0, 0.1) is 6.92 Å². The van der Waals surface area contributed by atoms with Crippen LogP contribution in [0.25, 0.3) is 6.08 Å². The van der Waals surface area contributed by atoms with Gasteiger partial charge in [-0.15, -0.1) is 0 Å². The minimum Gasteiger partial charge on any atom is -0.492 e. The van der Waals surface area contributed by atoms with Gasteiger partial charge in [-0.1, -0.05) is 42.0 Å². The number of rotatable bonds is 7. The van der Waals surface area contributed by atoms with E-state index in [1.165, 1.54) is 6.08 Å². The lowest BCUT2D eigenvalue weighted by Gasteiger charge is -2.08. The van der Waals surface area contributed by atoms with Crippen molar-refractivity contribution >= 4 is 29.2 Å². The zero-order chi connectivity index (χ0) is 18.1. The summed E-state index contributed by atoms with van der Waals surface area (Å²) < 4.78 is 5.54. The van der Waals surface area contributed by atoms with Gasteiger partial charge in [-0.2, -0.15) is 0 Å². The number of amides is 1. The number of thiocarbonyl (C=S) groups is 1. The topological polar surface area (TPSA) is 70.6 Å². The van der Waals surface area contributed by atoms with Gasteiger partial charge in [0.1, 0.15) is 17.3 Å². The molecule has 2 aromatic rings. The number of benzene rings is 2. The van der Waals surface area contributed by atoms with Gasteiger partial charge in [-0.3, -0.25) is 15.5 Å². The molecule has 2 aromatic carbocycles. The smallest absolute Gasteiger partial charge is 0.244 e. The average Bonchev–Trinajstić information content (AvgIpc) is 2.63. The van der Waals surface area contributed by atoms with Crippen LogP contribution in [0.5, 0.6) is 5.75 Å². The number of hydroxylamine groups is 1. The molecule has 0 radical (unpaired) electrons. The zero-order valence-corrected chi connectivity index (χ0v) is 14.7. The van der Waals surface area contributed by atoms with E-state index in [2.05, 4.69) is 5.32 Å². The summed E-state index contributed by atoms with van der Waals surface area (Å²) in [6.07, 6.45) is 3.28. The van der Waals surface area contributed by atoms with E-state index in [0.717, 1.165) is 11.1 Å². The fraction of sp³-hybridized carbons (Fsp3) is 0.158. The lowest BCUT2D eigenvalue weighted by molar-refractivity contribution is -0.116. The molecule has 5 nitrogen and oxygen atoms in total. The third kappa shape index (κ3) is 6.37. The molecular weight excluding hydrogens is 336 g/mol. The van der Waals surface area contributed by atoms with Crippen LogP contribution in [0.4, 0.5) is 0 Å². The normalized spacial score (nSPS) is 10.5. The second-order valence-corrected chi connectivity index (χ2v) is 5.76. The maximum absolute atomic E-state index is 11.8. The Morgan fingerprint density at radius 2 is 2.00 bits per heavy atom. The van der Waals surface area contributed by atoms with E-state index >= 15 is 0 Å². The second kappa shape index (κ2) is 9.56. The number of carbonyl (C=O) groups excluding carboxylic acids is 1. The molecule has 0 saturated heterocycles. The van der Waals surface area contributed by atoms with Gasteiger partial charge in [0.15, 0.2) is 0 Å². The molecule has 0 aliphatic rings. The predicted octanol–water partition coefficient (Wildman–Crippen LogP) is 2.86. The Hall–Kier alpha value is -2.70. The molecule has 2 rings (SSSR count). The molecule has 0 atom stereocenters. The second-order valence-electron chi connectivity index (χ2n) is 5.35. The third-order valence-electron chi connectivity index (χ3n) is 3.36. The molecule has 0 aliphatic heterocycles. The third-order valence-corrected chi connectivity index (χ3v) is 3.68. The number of carbonyl (C=O) groups is 1. The number of nitrogens with one attached hydrogen (secondary N) is 2. The Labute approximate surface area is 152 Å². The van der Waals surface area contributed by atoms with Crippen molar-refractivity contribution in [2.45, 2.75) is 6.92 Å². The van der Waals surface area contributed by atoms with Crippen molar-refractivity contribution in [1.82, 2.24) is 10.8 Å². The monoisotopic (exact) mass is 356 g/mol. The van der Waals surface area contributed by atoms with E-state index in [-0.39, 0.29) is 10.9 Å². The first-order chi connectivity index (χ1) is 12.1. The first-order valence-electron chi connectivity index (χ1n) is 7.78. The van der Waals surface area contributed by atoms with Crippen molar-refractivity contribution < 1.29 is 14.7 Å². The van der Waals surface area contributed by atoms with E-state index < -0.39 is 0 Å². The van der Waals surface area contributed by atoms with Crippen molar-refractivity contribution in [3.05, 3.63) is 71.3 Å². The van der Waals surface area contributed by atoms with Gasteiger partial charge in [0.25, 0.3) is 0 Å². The molecule has 130 valence electrons. The number of aryl methyl sites for hydroxylation is 1. The van der Waals surface area contributed by atoms with Gasteiger partial charge < -0.3 is 10.1 Å². The van der Waals surface area contributed by atoms with E-state index in [1.807, 2.05) is 36.7 Å². The van der Waals surface area contributed by atoms with E-state index in [1.54, 1.807) is 30.3 Å². The van der Waals surface area contributed by atoms with Gasteiger partial charge in [0.05, 0.1) is 6.54 Å². The minimum absolute atomic E-state index is 0.167. The molecular formula is C19H20N2O3S. The maximum atomic E-state index is 11.8. The highest BCUT2D eigenvalue weighted by Crippen LogP contribution is 2.12. The zero-order valence-electron chi connectivity index (χ0n) is 13.9. The van der Waals surface area contributed by atoms with Gasteiger partial charge in [0.2, 0.25) is 5.91 Å². The largest absolute Gasteiger partial charge is 0.492 e. The van der Waals surface area contributed by atoms with Crippen LogP contribution in [0.2, 0.25) is 0 Å². The molecule has 0 unspecified atom stereocenters. The molecule has 0 saturated carbocycles. The van der Waals surface area contributed by atoms with Gasteiger partial charge in [-0.25, -0.2) is 0 Å². The van der Waals surface area contributed by atoms with Gasteiger partial charge in [0, 0.05) is 11.6 Å². The highest BCUT2D eigenvalue weighted by atomic mass is 32.1. The summed E-state index contributed by atoms with van der Waals surface area (Å²) >= 11 is 4.91. The summed E-state index contributed by atoms with van der Waals surface area (Å²) in [5, 5.41) is 11.5. The van der Waals surface area contributed by atoms with Crippen LogP contribution in [-0.4, -0.2) is 29.3 Å². The summed E-state index contributed by atoms with van der Waals surface area (Å²) in [5.74, 6) is 0.494. The Morgan fingerprint density at radius 3 is 2.68 bits per heavy atom. The van der Waals surface area contributed by atoms with Crippen molar-refractivity contribution in [1.29, 1.82) is 0 Å². The van der Waals surface area contributed by atoms with Crippen LogP contribution in [0.3, 0.4) is 0 Å². The highest BCUT2D eigenvalue weighted by Gasteiger charge is 2.00. The fourth-order valence-electron chi connectivity index (χ4n) is 2.11. The van der Waals surface area contributed by atoms with Crippen molar-refractivity contribution in [3.8, 4) is 5.75 Å².